The molecule has 1 aromatic rings. The summed E-state index contributed by atoms with van der Waals surface area (Å²) in [5.41, 5.74) is 0.394. The maximum atomic E-state index is 11.6. The molecule has 0 saturated carbocycles. The average Bonchev–Trinajstić information content (AvgIpc) is 2.42. The number of aliphatic carboxylic acids is 1. The lowest BCUT2D eigenvalue weighted by Gasteiger charge is -2.20. The average molecular weight is 296 g/mol. The van der Waals surface area contributed by atoms with Crippen LogP contribution in [0.5, 0.6) is 5.75 Å². The molecular formula is C15H24N2O4. The highest BCUT2D eigenvalue weighted by atomic mass is 16.4. The first-order valence-electron chi connectivity index (χ1n) is 7.26. The molecule has 0 aromatic carbocycles. The van der Waals surface area contributed by atoms with Crippen LogP contribution in [-0.2, 0) is 17.9 Å². The van der Waals surface area contributed by atoms with Crippen molar-refractivity contribution in [2.24, 2.45) is 0 Å². The molecule has 0 fully saturated rings. The first kappa shape index (κ1) is 17.2. The minimum absolute atomic E-state index is 0.0641. The molecule has 118 valence electrons. The molecule has 1 rings (SSSR count). The predicted molar refractivity (Wildman–Crippen MR) is 80.5 cm³/mol. The van der Waals surface area contributed by atoms with Gasteiger partial charge in [0.05, 0.1) is 12.6 Å². The smallest absolute Gasteiger partial charge is 0.304 e. The monoisotopic (exact) mass is 296 g/mol. The lowest BCUT2D eigenvalue weighted by molar-refractivity contribution is -0.137. The van der Waals surface area contributed by atoms with E-state index in [0.717, 1.165) is 31.5 Å². The van der Waals surface area contributed by atoms with E-state index in [1.165, 1.54) is 12.3 Å². The first-order chi connectivity index (χ1) is 9.93. The number of pyridine rings is 1. The minimum Gasteiger partial charge on any atom is -0.503 e. The molecule has 0 bridgehead atoms. The number of aromatic hydroxyl groups is 1. The highest BCUT2D eigenvalue weighted by molar-refractivity contribution is 5.66. The fourth-order valence-electron chi connectivity index (χ4n) is 2.12. The lowest BCUT2D eigenvalue weighted by atomic mass is 10.2. The van der Waals surface area contributed by atoms with Gasteiger partial charge in [0, 0.05) is 31.4 Å². The Hall–Kier alpha value is -1.82. The molecule has 0 unspecified atom stereocenters. The second-order valence-electron chi connectivity index (χ2n) is 5.30. The fraction of sp³-hybridized carbons (Fsp3) is 0.600. The van der Waals surface area contributed by atoms with E-state index in [0.29, 0.717) is 13.1 Å². The topological polar surface area (TPSA) is 82.8 Å². The molecule has 0 aliphatic carbocycles. The van der Waals surface area contributed by atoms with Crippen molar-refractivity contribution < 1.29 is 15.0 Å². The highest BCUT2D eigenvalue weighted by Crippen LogP contribution is 2.10. The van der Waals surface area contributed by atoms with E-state index in [9.17, 15) is 14.7 Å². The van der Waals surface area contributed by atoms with E-state index in [1.807, 2.05) is 16.5 Å². The normalized spacial score (nSPS) is 11.0. The molecule has 21 heavy (non-hydrogen) atoms. The van der Waals surface area contributed by atoms with Gasteiger partial charge < -0.3 is 19.7 Å². The standard InChI is InChI=1S/C15H24N2O4/c1-3-4-5-7-17-11-14(19)13(18)9-12(17)10-16(2)8-6-15(20)21/h9,11,19H,3-8,10H2,1-2H3,(H,20,21). The molecule has 0 saturated heterocycles. The first-order valence-corrected chi connectivity index (χ1v) is 7.26. The van der Waals surface area contributed by atoms with Gasteiger partial charge in [-0.25, -0.2) is 0 Å². The quantitative estimate of drug-likeness (QED) is 0.677. The Labute approximate surface area is 124 Å². The van der Waals surface area contributed by atoms with Crippen molar-refractivity contribution in [3.05, 3.63) is 28.2 Å². The van der Waals surface area contributed by atoms with Crippen LogP contribution in [0.1, 0.15) is 38.3 Å². The van der Waals surface area contributed by atoms with E-state index in [-0.39, 0.29) is 12.2 Å². The molecule has 0 aliphatic heterocycles. The second kappa shape index (κ2) is 8.46. The van der Waals surface area contributed by atoms with Crippen LogP contribution in [0.25, 0.3) is 0 Å². The number of nitrogens with zero attached hydrogens (tertiary/aromatic N) is 2. The van der Waals surface area contributed by atoms with Gasteiger partial charge in [-0.15, -0.1) is 0 Å². The van der Waals surface area contributed by atoms with E-state index >= 15 is 0 Å². The zero-order valence-corrected chi connectivity index (χ0v) is 12.7. The van der Waals surface area contributed by atoms with Crippen molar-refractivity contribution in [3.63, 3.8) is 0 Å². The Morgan fingerprint density at radius 1 is 1.38 bits per heavy atom. The van der Waals surface area contributed by atoms with Crippen LogP contribution in [0.4, 0.5) is 0 Å². The summed E-state index contributed by atoms with van der Waals surface area (Å²) in [6.07, 6.45) is 4.69. The Morgan fingerprint density at radius 2 is 2.10 bits per heavy atom. The molecule has 0 amide bonds. The van der Waals surface area contributed by atoms with Crippen molar-refractivity contribution in [3.8, 4) is 5.75 Å². The molecule has 6 heteroatoms. The Morgan fingerprint density at radius 3 is 2.71 bits per heavy atom. The number of aromatic nitrogens is 1. The van der Waals surface area contributed by atoms with E-state index < -0.39 is 11.4 Å². The number of carbonyl (C=O) groups is 1. The van der Waals surface area contributed by atoms with Crippen molar-refractivity contribution in [2.45, 2.75) is 45.7 Å². The minimum atomic E-state index is -0.840. The van der Waals surface area contributed by atoms with Crippen molar-refractivity contribution in [1.82, 2.24) is 9.47 Å². The summed E-state index contributed by atoms with van der Waals surface area (Å²) >= 11 is 0. The van der Waals surface area contributed by atoms with Gasteiger partial charge in [0.15, 0.2) is 5.75 Å². The number of carboxylic acids is 1. The molecule has 0 aliphatic rings. The van der Waals surface area contributed by atoms with Crippen LogP contribution in [0.2, 0.25) is 0 Å². The molecule has 1 heterocycles. The number of hydrogen-bond donors (Lipinski definition) is 2. The molecular weight excluding hydrogens is 272 g/mol. The number of aryl methyl sites for hydroxylation is 1. The molecule has 6 nitrogen and oxygen atoms in total. The second-order valence-corrected chi connectivity index (χ2v) is 5.30. The highest BCUT2D eigenvalue weighted by Gasteiger charge is 2.09. The summed E-state index contributed by atoms with van der Waals surface area (Å²) in [4.78, 5) is 24.0. The molecule has 0 atom stereocenters. The van der Waals surface area contributed by atoms with E-state index in [2.05, 4.69) is 6.92 Å². The van der Waals surface area contributed by atoms with Gasteiger partial charge in [-0.2, -0.15) is 0 Å². The van der Waals surface area contributed by atoms with Crippen LogP contribution >= 0.6 is 0 Å². The third-order valence-electron chi connectivity index (χ3n) is 3.34. The zero-order valence-electron chi connectivity index (χ0n) is 12.7. The van der Waals surface area contributed by atoms with Gasteiger partial charge >= 0.3 is 5.97 Å². The van der Waals surface area contributed by atoms with Crippen LogP contribution in [0.3, 0.4) is 0 Å². The van der Waals surface area contributed by atoms with Crippen molar-refractivity contribution in [2.75, 3.05) is 13.6 Å². The van der Waals surface area contributed by atoms with E-state index in [1.54, 1.807) is 0 Å². The number of carboxylic acid groups (broad SMARTS) is 1. The summed E-state index contributed by atoms with van der Waals surface area (Å²) in [6.45, 7) is 3.75. The number of rotatable bonds is 9. The molecule has 1 aromatic heterocycles. The van der Waals surface area contributed by atoms with Crippen molar-refractivity contribution in [1.29, 1.82) is 0 Å². The van der Waals surface area contributed by atoms with Gasteiger partial charge in [-0.3, -0.25) is 9.59 Å². The van der Waals surface area contributed by atoms with Gasteiger partial charge in [-0.1, -0.05) is 19.8 Å². The Bertz CT molecular complexity index is 525. The maximum Gasteiger partial charge on any atom is 0.304 e. The van der Waals surface area contributed by atoms with Crippen molar-refractivity contribution >= 4 is 5.97 Å². The van der Waals surface area contributed by atoms with Gasteiger partial charge in [0.1, 0.15) is 0 Å². The van der Waals surface area contributed by atoms with Crippen LogP contribution < -0.4 is 5.43 Å². The maximum absolute atomic E-state index is 11.6. The molecule has 2 N–H and O–H groups in total. The Balaban J connectivity index is 2.80. The predicted octanol–water partition coefficient (Wildman–Crippen LogP) is 1.65. The summed E-state index contributed by atoms with van der Waals surface area (Å²) in [6, 6.07) is 1.43. The summed E-state index contributed by atoms with van der Waals surface area (Å²) in [5, 5.41) is 18.3. The number of hydrogen-bond acceptors (Lipinski definition) is 4. The van der Waals surface area contributed by atoms with Crippen LogP contribution in [-0.4, -0.2) is 39.2 Å². The summed E-state index contributed by atoms with van der Waals surface area (Å²) < 4.78 is 1.88. The molecule has 0 radical (unpaired) electrons. The molecule has 0 spiro atoms. The van der Waals surface area contributed by atoms with Gasteiger partial charge in [0.2, 0.25) is 5.43 Å². The summed E-state index contributed by atoms with van der Waals surface area (Å²) in [5.74, 6) is -1.09. The summed E-state index contributed by atoms with van der Waals surface area (Å²) in [7, 11) is 1.82. The fourth-order valence-corrected chi connectivity index (χ4v) is 2.12. The zero-order chi connectivity index (χ0) is 15.8. The van der Waals surface area contributed by atoms with E-state index in [4.69, 9.17) is 5.11 Å². The SMILES string of the molecule is CCCCCn1cc(O)c(=O)cc1CN(C)CCC(=O)O. The van der Waals surface area contributed by atoms with Crippen LogP contribution in [0, 0.1) is 0 Å². The third kappa shape index (κ3) is 5.99. The van der Waals surface area contributed by atoms with Crippen LogP contribution in [0.15, 0.2) is 17.1 Å². The van der Waals surface area contributed by atoms with Gasteiger partial charge in [0.25, 0.3) is 0 Å². The number of unbranched alkanes of at least 4 members (excludes halogenated alkanes) is 2. The lowest BCUT2D eigenvalue weighted by Crippen LogP contribution is -2.25. The van der Waals surface area contributed by atoms with Gasteiger partial charge in [-0.05, 0) is 13.5 Å². The Kier molecular flexibility index (Phi) is 6.94. The largest absolute Gasteiger partial charge is 0.503 e. The third-order valence-corrected chi connectivity index (χ3v) is 3.34.